The second-order valence-electron chi connectivity index (χ2n) is 5.64. The van der Waals surface area contributed by atoms with Gasteiger partial charge in [0.15, 0.2) is 11.7 Å². The third-order valence-corrected chi connectivity index (χ3v) is 5.84. The molecule has 0 bridgehead atoms. The molecule has 2 aromatic heterocycles. The van der Waals surface area contributed by atoms with E-state index in [2.05, 4.69) is 18.8 Å². The van der Waals surface area contributed by atoms with Gasteiger partial charge in [-0.3, -0.25) is 23.9 Å². The van der Waals surface area contributed by atoms with E-state index in [1.807, 2.05) is 4.98 Å². The fourth-order valence-corrected chi connectivity index (χ4v) is 4.17. The minimum Gasteiger partial charge on any atom is -0.387 e. The molecule has 0 aromatic carbocycles. The highest BCUT2D eigenvalue weighted by Crippen LogP contribution is 2.57. The highest BCUT2D eigenvalue weighted by molar-refractivity contribution is 7.60. The first kappa shape index (κ1) is 21.0. The average molecular weight is 444 g/mol. The molecular formula is C10H14N4O12P2. The Kier molecular flexibility index (Phi) is 5.46. The molecule has 0 spiro atoms. The molecule has 28 heavy (non-hydrogen) atoms. The molecule has 3 rings (SSSR count). The highest BCUT2D eigenvalue weighted by atomic mass is 31.3. The lowest BCUT2D eigenvalue weighted by atomic mass is 10.1. The number of hydrogen-bond donors (Lipinski definition) is 7. The lowest BCUT2D eigenvalue weighted by Crippen LogP contribution is -2.33. The fraction of sp³-hybridized carbons (Fsp3) is 0.500. The van der Waals surface area contributed by atoms with Gasteiger partial charge in [0.25, 0.3) is 5.56 Å². The largest absolute Gasteiger partial charge is 0.481 e. The number of H-pyrrole nitrogens is 2. The summed E-state index contributed by atoms with van der Waals surface area (Å²) in [6.45, 7) is -0.897. The van der Waals surface area contributed by atoms with Crippen LogP contribution in [-0.2, 0) is 22.7 Å². The number of nitrogens with zero attached hydrogens (tertiary/aromatic N) is 2. The smallest absolute Gasteiger partial charge is 0.387 e. The van der Waals surface area contributed by atoms with E-state index in [9.17, 15) is 33.8 Å². The molecule has 0 radical (unpaired) electrons. The van der Waals surface area contributed by atoms with Gasteiger partial charge < -0.3 is 29.6 Å². The maximum absolute atomic E-state index is 11.7. The van der Waals surface area contributed by atoms with Crippen molar-refractivity contribution in [3.63, 3.8) is 0 Å². The van der Waals surface area contributed by atoms with E-state index >= 15 is 0 Å². The molecule has 16 nitrogen and oxygen atoms in total. The van der Waals surface area contributed by atoms with Gasteiger partial charge in [-0.1, -0.05) is 0 Å². The van der Waals surface area contributed by atoms with Crippen molar-refractivity contribution in [3.8, 4) is 0 Å². The molecular weight excluding hydrogens is 430 g/mol. The molecule has 2 aromatic rings. The van der Waals surface area contributed by atoms with Crippen LogP contribution in [0.3, 0.4) is 0 Å². The molecule has 156 valence electrons. The third-order valence-electron chi connectivity index (χ3n) is 3.69. The lowest BCUT2D eigenvalue weighted by Gasteiger charge is -2.17. The number of phosphoric acid groups is 2. The van der Waals surface area contributed by atoms with Gasteiger partial charge in [-0.05, 0) is 0 Å². The van der Waals surface area contributed by atoms with Crippen molar-refractivity contribution in [1.29, 1.82) is 0 Å². The van der Waals surface area contributed by atoms with Gasteiger partial charge in [0.1, 0.15) is 24.0 Å². The molecule has 5 atom stereocenters. The maximum Gasteiger partial charge on any atom is 0.481 e. The number of aromatic nitrogens is 4. The standard InChI is InChI=1S/C10H14N4O12P2/c15-5-3(1-24-28(22,23)26-27(19,20)21)25-9(6(5)16)14-2-11-4-7(14)12-10(18)13-8(4)17/h2-3,5-6,9,15-16H,1H2,(H,22,23)(H2,19,20,21)(H2,12,13,17,18)/t3-,5?,6+,9-/m1/s1. The number of hydrogen-bond acceptors (Lipinski definition) is 10. The van der Waals surface area contributed by atoms with E-state index < -0.39 is 58.0 Å². The number of phosphoric ester groups is 1. The van der Waals surface area contributed by atoms with Gasteiger partial charge in [0.2, 0.25) is 0 Å². The second-order valence-corrected chi connectivity index (χ2v) is 8.47. The number of ether oxygens (including phenoxy) is 1. The summed E-state index contributed by atoms with van der Waals surface area (Å²) >= 11 is 0. The molecule has 18 heteroatoms. The van der Waals surface area contributed by atoms with Gasteiger partial charge in [-0.2, -0.15) is 4.31 Å². The van der Waals surface area contributed by atoms with E-state index in [1.165, 1.54) is 0 Å². The quantitative estimate of drug-likeness (QED) is 0.224. The third kappa shape index (κ3) is 4.31. The second kappa shape index (κ2) is 7.27. The van der Waals surface area contributed by atoms with Crippen LogP contribution in [0.4, 0.5) is 0 Å². The summed E-state index contributed by atoms with van der Waals surface area (Å²) in [6, 6.07) is 0. The summed E-state index contributed by atoms with van der Waals surface area (Å²) in [6.07, 6.45) is -5.09. The number of nitrogens with one attached hydrogen (secondary N) is 2. The predicted octanol–water partition coefficient (Wildman–Crippen LogP) is -2.74. The Morgan fingerprint density at radius 2 is 1.86 bits per heavy atom. The van der Waals surface area contributed by atoms with Crippen LogP contribution < -0.4 is 11.2 Å². The summed E-state index contributed by atoms with van der Waals surface area (Å²) in [5.74, 6) is 0. The molecule has 3 heterocycles. The Balaban J connectivity index is 1.80. The van der Waals surface area contributed by atoms with Crippen molar-refractivity contribution in [2.75, 3.05) is 6.61 Å². The average Bonchev–Trinajstić information content (AvgIpc) is 3.06. The van der Waals surface area contributed by atoms with Crippen LogP contribution in [0.15, 0.2) is 15.9 Å². The Labute approximate surface area is 153 Å². The van der Waals surface area contributed by atoms with Gasteiger partial charge in [0, 0.05) is 0 Å². The zero-order chi connectivity index (χ0) is 20.9. The molecule has 1 aliphatic rings. The summed E-state index contributed by atoms with van der Waals surface area (Å²) < 4.78 is 36.4. The van der Waals surface area contributed by atoms with E-state index in [1.54, 1.807) is 0 Å². The summed E-state index contributed by atoms with van der Waals surface area (Å²) in [7, 11) is -10.5. The van der Waals surface area contributed by atoms with Crippen LogP contribution >= 0.6 is 15.6 Å². The zero-order valence-electron chi connectivity index (χ0n) is 13.5. The van der Waals surface area contributed by atoms with Crippen molar-refractivity contribution < 1.29 is 47.6 Å². The molecule has 0 aliphatic carbocycles. The van der Waals surface area contributed by atoms with Crippen LogP contribution in [0.25, 0.3) is 11.2 Å². The minimum absolute atomic E-state index is 0.121. The van der Waals surface area contributed by atoms with Gasteiger partial charge in [-0.25, -0.2) is 18.9 Å². The maximum atomic E-state index is 11.7. The van der Waals surface area contributed by atoms with Crippen molar-refractivity contribution in [2.45, 2.75) is 24.5 Å². The summed E-state index contributed by atoms with van der Waals surface area (Å²) in [4.78, 5) is 57.5. The van der Waals surface area contributed by atoms with Crippen molar-refractivity contribution in [1.82, 2.24) is 19.5 Å². The number of aliphatic hydroxyl groups excluding tert-OH is 2. The van der Waals surface area contributed by atoms with E-state index in [-0.39, 0.29) is 11.2 Å². The van der Waals surface area contributed by atoms with Crippen LogP contribution in [0.5, 0.6) is 0 Å². The topological polar surface area (TPSA) is 247 Å². The van der Waals surface area contributed by atoms with E-state index in [4.69, 9.17) is 14.5 Å². The van der Waals surface area contributed by atoms with Crippen LogP contribution in [0.2, 0.25) is 0 Å². The first-order valence-electron chi connectivity index (χ1n) is 7.33. The first-order chi connectivity index (χ1) is 12.9. The van der Waals surface area contributed by atoms with E-state index in [0.29, 0.717) is 0 Å². The first-order valence-corrected chi connectivity index (χ1v) is 10.4. The molecule has 7 N–H and O–H groups in total. The number of fused-ring (bicyclic) bond motifs is 1. The molecule has 1 aliphatic heterocycles. The number of imidazole rings is 1. The van der Waals surface area contributed by atoms with Crippen molar-refractivity contribution >= 4 is 26.8 Å². The monoisotopic (exact) mass is 444 g/mol. The van der Waals surface area contributed by atoms with Crippen molar-refractivity contribution in [2.24, 2.45) is 0 Å². The van der Waals surface area contributed by atoms with Gasteiger partial charge >= 0.3 is 21.3 Å². The summed E-state index contributed by atoms with van der Waals surface area (Å²) in [5, 5.41) is 20.2. The Morgan fingerprint density at radius 1 is 1.18 bits per heavy atom. The lowest BCUT2D eigenvalue weighted by molar-refractivity contribution is -0.0503. The SMILES string of the molecule is O=c1[nH]c(=O)c2ncn([C@@H]3O[C@H](COP(=O)(O)OP(=O)(O)O)C(O)[C@@H]3O)c2[nH]1. The van der Waals surface area contributed by atoms with Crippen LogP contribution in [-0.4, -0.2) is 69.3 Å². The fourth-order valence-electron chi connectivity index (χ4n) is 2.57. The van der Waals surface area contributed by atoms with Crippen molar-refractivity contribution in [3.05, 3.63) is 27.2 Å². The number of rotatable bonds is 6. The van der Waals surface area contributed by atoms with Gasteiger partial charge in [-0.15, -0.1) is 0 Å². The normalized spacial score (nSPS) is 27.9. The Hall–Kier alpha value is -1.71. The number of aliphatic hydroxyl groups is 2. The Morgan fingerprint density at radius 3 is 2.50 bits per heavy atom. The Bertz CT molecular complexity index is 1090. The summed E-state index contributed by atoms with van der Waals surface area (Å²) in [5.41, 5.74) is -1.96. The predicted molar refractivity (Wildman–Crippen MR) is 85.8 cm³/mol. The highest BCUT2D eigenvalue weighted by Gasteiger charge is 2.46. The van der Waals surface area contributed by atoms with Crippen LogP contribution in [0.1, 0.15) is 6.23 Å². The number of aromatic amines is 2. The molecule has 1 fully saturated rings. The zero-order valence-corrected chi connectivity index (χ0v) is 15.3. The molecule has 1 saturated heterocycles. The molecule has 0 saturated carbocycles. The van der Waals surface area contributed by atoms with Crippen LogP contribution in [0, 0.1) is 0 Å². The van der Waals surface area contributed by atoms with Gasteiger partial charge in [0.05, 0.1) is 12.9 Å². The minimum atomic E-state index is -5.33. The molecule has 2 unspecified atom stereocenters. The van der Waals surface area contributed by atoms with E-state index in [0.717, 1.165) is 10.9 Å². The molecule has 0 amide bonds.